The fourth-order valence-electron chi connectivity index (χ4n) is 2.55. The molecule has 1 aromatic carbocycles. The lowest BCUT2D eigenvalue weighted by molar-refractivity contribution is -0.127. The molecule has 0 radical (unpaired) electrons. The number of hydrogen-bond donors (Lipinski definition) is 1. The first-order valence-corrected chi connectivity index (χ1v) is 6.51. The van der Waals surface area contributed by atoms with Crippen LogP contribution in [0.4, 0.5) is 0 Å². The molecule has 0 aliphatic carbocycles. The summed E-state index contributed by atoms with van der Waals surface area (Å²) >= 11 is 0. The van der Waals surface area contributed by atoms with Crippen molar-refractivity contribution in [1.29, 1.82) is 0 Å². The monoisotopic (exact) mass is 260 g/mol. The molecule has 1 N–H and O–H groups in total. The van der Waals surface area contributed by atoms with Gasteiger partial charge in [0.15, 0.2) is 0 Å². The highest BCUT2D eigenvalue weighted by Crippen LogP contribution is 2.26. The van der Waals surface area contributed by atoms with Gasteiger partial charge in [-0.2, -0.15) is 0 Å². The highest BCUT2D eigenvalue weighted by molar-refractivity contribution is 5.98. The van der Waals surface area contributed by atoms with Gasteiger partial charge in [-0.25, -0.2) is 0 Å². The Kier molecular flexibility index (Phi) is 2.89. The van der Waals surface area contributed by atoms with Crippen LogP contribution in [-0.2, 0) is 11.2 Å². The van der Waals surface area contributed by atoms with Crippen molar-refractivity contribution in [1.82, 2.24) is 10.2 Å². The Hall–Kier alpha value is -2.04. The summed E-state index contributed by atoms with van der Waals surface area (Å²) in [6, 6.07) is 5.07. The summed E-state index contributed by atoms with van der Waals surface area (Å²) in [5, 5.41) is 2.76. The predicted octanol–water partition coefficient (Wildman–Crippen LogP) is 0.582. The van der Waals surface area contributed by atoms with Crippen LogP contribution >= 0.6 is 0 Å². The Morgan fingerprint density at radius 2 is 2.32 bits per heavy atom. The van der Waals surface area contributed by atoms with Crippen LogP contribution < -0.4 is 10.1 Å². The Balaban J connectivity index is 1.85. The van der Waals surface area contributed by atoms with Gasteiger partial charge < -0.3 is 15.0 Å². The minimum absolute atomic E-state index is 0.0861. The Bertz CT molecular complexity index is 541. The number of nitrogens with one attached hydrogen (secondary N) is 1. The largest absolute Gasteiger partial charge is 0.493 e. The van der Waals surface area contributed by atoms with Gasteiger partial charge in [-0.05, 0) is 30.7 Å². The maximum absolute atomic E-state index is 12.5. The number of fused-ring (bicyclic) bond motifs is 1. The average Bonchev–Trinajstić information content (AvgIpc) is 2.88. The molecule has 5 nitrogen and oxygen atoms in total. The van der Waals surface area contributed by atoms with Gasteiger partial charge in [0.2, 0.25) is 5.91 Å². The van der Waals surface area contributed by atoms with Crippen LogP contribution in [0.3, 0.4) is 0 Å². The van der Waals surface area contributed by atoms with E-state index < -0.39 is 6.04 Å². The van der Waals surface area contributed by atoms with Gasteiger partial charge in [-0.1, -0.05) is 0 Å². The van der Waals surface area contributed by atoms with Crippen LogP contribution in [0, 0.1) is 0 Å². The smallest absolute Gasteiger partial charge is 0.254 e. The second-order valence-corrected chi connectivity index (χ2v) is 4.89. The van der Waals surface area contributed by atoms with E-state index in [0.717, 1.165) is 17.7 Å². The first kappa shape index (κ1) is 12.0. The van der Waals surface area contributed by atoms with Crippen LogP contribution in [0.15, 0.2) is 18.2 Å². The third-order valence-corrected chi connectivity index (χ3v) is 3.70. The van der Waals surface area contributed by atoms with E-state index in [0.29, 0.717) is 25.3 Å². The van der Waals surface area contributed by atoms with Gasteiger partial charge in [0.1, 0.15) is 11.8 Å². The summed E-state index contributed by atoms with van der Waals surface area (Å²) in [4.78, 5) is 25.7. The van der Waals surface area contributed by atoms with E-state index in [2.05, 4.69) is 5.32 Å². The molecule has 100 valence electrons. The summed E-state index contributed by atoms with van der Waals surface area (Å²) < 4.78 is 5.43. The molecular formula is C14H16N2O3. The second kappa shape index (κ2) is 4.57. The van der Waals surface area contributed by atoms with Crippen molar-refractivity contribution in [3.8, 4) is 5.75 Å². The molecule has 2 aliphatic rings. The zero-order valence-corrected chi connectivity index (χ0v) is 10.8. The van der Waals surface area contributed by atoms with Gasteiger partial charge in [0.25, 0.3) is 5.91 Å². The topological polar surface area (TPSA) is 58.6 Å². The molecule has 2 heterocycles. The number of piperazine rings is 1. The molecular weight excluding hydrogens is 244 g/mol. The van der Waals surface area contributed by atoms with E-state index in [1.54, 1.807) is 17.9 Å². The van der Waals surface area contributed by atoms with Gasteiger partial charge in [0.05, 0.1) is 6.61 Å². The molecule has 1 atom stereocenters. The first-order chi connectivity index (χ1) is 9.16. The van der Waals surface area contributed by atoms with Crippen molar-refractivity contribution >= 4 is 11.8 Å². The number of nitrogens with zero attached hydrogens (tertiary/aromatic N) is 1. The number of hydrogen-bond acceptors (Lipinski definition) is 3. The predicted molar refractivity (Wildman–Crippen MR) is 69.1 cm³/mol. The van der Waals surface area contributed by atoms with Gasteiger partial charge in [-0.3, -0.25) is 9.59 Å². The molecule has 1 aromatic rings. The highest BCUT2D eigenvalue weighted by Gasteiger charge is 2.30. The SMILES string of the molecule is CC1C(=O)NCCN1C(=O)c1ccc2c(c1)CCO2. The van der Waals surface area contributed by atoms with E-state index in [-0.39, 0.29) is 11.8 Å². The number of carbonyl (C=O) groups excluding carboxylic acids is 2. The second-order valence-electron chi connectivity index (χ2n) is 4.89. The first-order valence-electron chi connectivity index (χ1n) is 6.51. The average molecular weight is 260 g/mol. The maximum Gasteiger partial charge on any atom is 0.254 e. The van der Waals surface area contributed by atoms with Crippen LogP contribution in [0.25, 0.3) is 0 Å². The van der Waals surface area contributed by atoms with Gasteiger partial charge >= 0.3 is 0 Å². The van der Waals surface area contributed by atoms with Crippen LogP contribution in [0.2, 0.25) is 0 Å². The minimum Gasteiger partial charge on any atom is -0.493 e. The molecule has 19 heavy (non-hydrogen) atoms. The Morgan fingerprint density at radius 1 is 1.47 bits per heavy atom. The van der Waals surface area contributed by atoms with Crippen molar-refractivity contribution in [3.63, 3.8) is 0 Å². The molecule has 0 aromatic heterocycles. The number of ether oxygens (including phenoxy) is 1. The van der Waals surface area contributed by atoms with Gasteiger partial charge in [-0.15, -0.1) is 0 Å². The summed E-state index contributed by atoms with van der Waals surface area (Å²) in [7, 11) is 0. The third-order valence-electron chi connectivity index (χ3n) is 3.70. The standard InChI is InChI=1S/C14H16N2O3/c1-9-13(17)15-5-6-16(9)14(18)11-2-3-12-10(8-11)4-7-19-12/h2-3,8-9H,4-7H2,1H3,(H,15,17). The fraction of sp³-hybridized carbons (Fsp3) is 0.429. The Morgan fingerprint density at radius 3 is 3.16 bits per heavy atom. The molecule has 1 unspecified atom stereocenters. The van der Waals surface area contributed by atoms with E-state index in [1.807, 2.05) is 12.1 Å². The van der Waals surface area contributed by atoms with E-state index >= 15 is 0 Å². The molecule has 0 bridgehead atoms. The lowest BCUT2D eigenvalue weighted by Crippen LogP contribution is -2.55. The number of carbonyl (C=O) groups is 2. The molecule has 1 fully saturated rings. The minimum atomic E-state index is -0.411. The van der Waals surface area contributed by atoms with Crippen LogP contribution in [-0.4, -0.2) is 42.5 Å². The lowest BCUT2D eigenvalue weighted by atomic mass is 10.1. The lowest BCUT2D eigenvalue weighted by Gasteiger charge is -2.32. The summed E-state index contributed by atoms with van der Waals surface area (Å²) in [6.07, 6.45) is 0.840. The van der Waals surface area contributed by atoms with E-state index in [4.69, 9.17) is 4.74 Å². The summed E-state index contributed by atoms with van der Waals surface area (Å²) in [6.45, 7) is 3.50. The molecule has 3 rings (SSSR count). The summed E-state index contributed by atoms with van der Waals surface area (Å²) in [5.74, 6) is 0.683. The Labute approximate surface area is 111 Å². The van der Waals surface area contributed by atoms with Crippen molar-refractivity contribution < 1.29 is 14.3 Å². The summed E-state index contributed by atoms with van der Waals surface area (Å²) in [5.41, 5.74) is 1.70. The van der Waals surface area contributed by atoms with Crippen molar-refractivity contribution in [3.05, 3.63) is 29.3 Å². The van der Waals surface area contributed by atoms with Crippen LogP contribution in [0.1, 0.15) is 22.8 Å². The van der Waals surface area contributed by atoms with Crippen molar-refractivity contribution in [2.45, 2.75) is 19.4 Å². The molecule has 5 heteroatoms. The van der Waals surface area contributed by atoms with Gasteiger partial charge in [0, 0.05) is 25.1 Å². The molecule has 2 amide bonds. The zero-order chi connectivity index (χ0) is 13.4. The molecule has 0 spiro atoms. The number of rotatable bonds is 1. The number of benzene rings is 1. The van der Waals surface area contributed by atoms with Crippen molar-refractivity contribution in [2.75, 3.05) is 19.7 Å². The molecule has 2 aliphatic heterocycles. The molecule has 1 saturated heterocycles. The van der Waals surface area contributed by atoms with Crippen LogP contribution in [0.5, 0.6) is 5.75 Å². The maximum atomic E-state index is 12.5. The van der Waals surface area contributed by atoms with E-state index in [1.165, 1.54) is 0 Å². The number of amides is 2. The van der Waals surface area contributed by atoms with Crippen molar-refractivity contribution in [2.24, 2.45) is 0 Å². The third kappa shape index (κ3) is 2.05. The quantitative estimate of drug-likeness (QED) is 0.803. The zero-order valence-electron chi connectivity index (χ0n) is 10.8. The normalized spacial score (nSPS) is 21.6. The fourth-order valence-corrected chi connectivity index (χ4v) is 2.55. The molecule has 0 saturated carbocycles. The van der Waals surface area contributed by atoms with E-state index in [9.17, 15) is 9.59 Å². The highest BCUT2D eigenvalue weighted by atomic mass is 16.5.